The Labute approximate surface area is 788 Å². The van der Waals surface area contributed by atoms with E-state index in [9.17, 15) is 130 Å². The Bertz CT molecular complexity index is 4100. The Balaban J connectivity index is 7.34. The first-order chi connectivity index (χ1) is 63.4. The van der Waals surface area contributed by atoms with Crippen molar-refractivity contribution in [2.24, 2.45) is 81.2 Å². The number of aliphatic carboxylic acids is 3. The van der Waals surface area contributed by atoms with Crippen molar-refractivity contribution in [1.29, 1.82) is 0 Å². The van der Waals surface area contributed by atoms with Crippen LogP contribution in [0.2, 0.25) is 0 Å². The highest BCUT2D eigenvalue weighted by Gasteiger charge is 2.41. The summed E-state index contributed by atoms with van der Waals surface area (Å²) in [6.45, 7) is 18.4. The Morgan fingerprint density at radius 2 is 0.493 bits per heavy atom. The third-order valence-electron chi connectivity index (χ3n) is 21.2. The SMILES string of the molecule is CC[C@H](C)[C@H](NC(=O)[C@H](CCCCN)NC(=O)[C@H](CCC(N)=O)NC(=O)[C@H](CC(N)=O)NC(=O)[C@@H](N)CC(N)=O)C(=O)N[C@H](C(=O)N[C@@H](CC(N)=O)C(=O)N[C@@H](CC(C)C)C(=O)N[C@@H](CCCCN)C(=O)N[C@@H](CCC(=O)O)C(=O)N[C@@H](CCCCN)C(=O)N[C@H](C(=O)N[C@@H](C)C(=O)N[C@@H](CCC(N)=O)C(=O)N[C@@H](CC(C)C)C(=O)N[C@@H](CCC(=O)O)C(=O)N[C@@H](C)C(=O)O)C(C)C)C(C)C. The van der Waals surface area contributed by atoms with Crippen LogP contribution in [-0.2, 0) is 115 Å². The van der Waals surface area contributed by atoms with Crippen molar-refractivity contribution in [2.45, 2.75) is 333 Å². The van der Waals surface area contributed by atoms with Crippen LogP contribution >= 0.6 is 0 Å². The standard InChI is InChI=1S/C84H147N25O27/c1-13-43(10)67(109-76(127)49(22-16-19-33-87)98-72(123)51(24-28-59(90)111)101-79(130)56(37-61(92)113)103-69(120)46(88)36-60(91)112)83(134)108-66(42(8)9)82(133)106-57(38-62(93)114)80(131)105-55(35-40(4)5)77(128)99-47(20-14-17-31-85)71(122)100-53(26-30-64(117)118)73(124)97-48(21-15-18-32-86)75(126)107-65(41(6)7)81(132)94-44(11)68(119)96-50(23-27-58(89)110)74(125)104-54(34-39(2)3)78(129)102-52(25-29-63(115)116)70(121)95-45(12)84(135)136/h39-57,65-67H,13-38,85-88H2,1-12H3,(H2,89,110)(H2,90,111)(H2,91,112)(H2,92,113)(H2,93,114)(H,94,132)(H,95,121)(H,96,119)(H,97,124)(H,98,123)(H,99,128)(H,100,122)(H,101,130)(H,102,129)(H,103,120)(H,104,125)(H,105,131)(H,106,133)(H,107,126)(H,108,134)(H,109,127)(H,115,116)(H,117,118)(H,135,136)/t43-,44-,45-,46-,47-,48-,49-,50-,51-,52-,53-,54-,55-,56-,57-,65-,66-,67-/m0/s1. The molecule has 0 aromatic rings. The van der Waals surface area contributed by atoms with E-state index in [2.05, 4.69) is 85.1 Å². The molecule has 0 aliphatic rings. The van der Waals surface area contributed by atoms with Crippen molar-refractivity contribution in [3.05, 3.63) is 0 Å². The summed E-state index contributed by atoms with van der Waals surface area (Å²) in [6, 6.07) is -27.6. The van der Waals surface area contributed by atoms with Crippen LogP contribution in [0, 0.1) is 29.6 Å². The molecular weight excluding hydrogens is 1790 g/mol. The fraction of sp³-hybridized carbons (Fsp3) is 0.714. The molecule has 0 rings (SSSR count). The number of nitrogens with two attached hydrogens (primary N) is 9. The molecule has 18 atom stereocenters. The van der Waals surface area contributed by atoms with Gasteiger partial charge in [-0.3, -0.25) is 115 Å². The lowest BCUT2D eigenvalue weighted by atomic mass is 9.95. The summed E-state index contributed by atoms with van der Waals surface area (Å²) in [7, 11) is 0. The second-order valence-corrected chi connectivity index (χ2v) is 34.9. The summed E-state index contributed by atoms with van der Waals surface area (Å²) in [6.07, 6.45) is -6.56. The lowest BCUT2D eigenvalue weighted by Gasteiger charge is -2.31. The van der Waals surface area contributed by atoms with Crippen LogP contribution in [0.25, 0.3) is 0 Å². The minimum absolute atomic E-state index is 0.0754. The minimum Gasteiger partial charge on any atom is -0.481 e. The summed E-state index contributed by atoms with van der Waals surface area (Å²) in [5, 5.41) is 67.6. The van der Waals surface area contributed by atoms with Gasteiger partial charge in [0.1, 0.15) is 96.7 Å². The highest BCUT2D eigenvalue weighted by atomic mass is 16.4. The van der Waals surface area contributed by atoms with E-state index in [0.717, 1.165) is 6.92 Å². The average molecular weight is 1940 g/mol. The predicted molar refractivity (Wildman–Crippen MR) is 487 cm³/mol. The first-order valence-electron chi connectivity index (χ1n) is 45.3. The molecule has 0 aliphatic heterocycles. The molecule has 52 nitrogen and oxygen atoms in total. The summed E-state index contributed by atoms with van der Waals surface area (Å²) in [4.78, 5) is 322. The quantitative estimate of drug-likeness (QED) is 0.0252. The molecule has 0 aromatic carbocycles. The summed E-state index contributed by atoms with van der Waals surface area (Å²) >= 11 is 0. The van der Waals surface area contributed by atoms with Crippen LogP contribution in [0.5, 0.6) is 0 Å². The number of unbranched alkanes of at least 4 members (excludes halogenated alkanes) is 3. The number of rotatable bonds is 71. The van der Waals surface area contributed by atoms with Gasteiger partial charge >= 0.3 is 17.9 Å². The van der Waals surface area contributed by atoms with Gasteiger partial charge in [-0.1, -0.05) is 75.7 Å². The molecule has 37 N–H and O–H groups in total. The number of nitrogens with one attached hydrogen (secondary N) is 16. The van der Waals surface area contributed by atoms with Gasteiger partial charge in [-0.25, -0.2) is 0 Å². The number of carboxylic acid groups (broad SMARTS) is 3. The van der Waals surface area contributed by atoms with Crippen molar-refractivity contribution in [2.75, 3.05) is 19.6 Å². The lowest BCUT2D eigenvalue weighted by Crippen LogP contribution is -2.62. The smallest absolute Gasteiger partial charge is 0.325 e. The minimum atomic E-state index is -1.90. The number of hydrogen-bond acceptors (Lipinski definition) is 28. The van der Waals surface area contributed by atoms with E-state index in [1.54, 1.807) is 41.5 Å². The number of hydrogen-bond donors (Lipinski definition) is 28. The van der Waals surface area contributed by atoms with Gasteiger partial charge in [-0.15, -0.1) is 0 Å². The van der Waals surface area contributed by atoms with Crippen LogP contribution in [0.15, 0.2) is 0 Å². The summed E-state index contributed by atoms with van der Waals surface area (Å²) in [5.41, 5.74) is 50.1. The van der Waals surface area contributed by atoms with Crippen molar-refractivity contribution in [3.63, 3.8) is 0 Å². The predicted octanol–water partition coefficient (Wildman–Crippen LogP) is -9.08. The molecule has 136 heavy (non-hydrogen) atoms. The fourth-order valence-electron chi connectivity index (χ4n) is 13.3. The van der Waals surface area contributed by atoms with Gasteiger partial charge < -0.3 is 152 Å². The van der Waals surface area contributed by atoms with Gasteiger partial charge in [0.15, 0.2) is 0 Å². The van der Waals surface area contributed by atoms with Crippen LogP contribution < -0.4 is 137 Å². The lowest BCUT2D eigenvalue weighted by molar-refractivity contribution is -0.142. The van der Waals surface area contributed by atoms with E-state index in [1.165, 1.54) is 34.6 Å². The maximum atomic E-state index is 14.7. The van der Waals surface area contributed by atoms with Gasteiger partial charge in [0, 0.05) is 25.7 Å². The molecule has 0 fully saturated rings. The van der Waals surface area contributed by atoms with Crippen molar-refractivity contribution in [3.8, 4) is 0 Å². The van der Waals surface area contributed by atoms with Gasteiger partial charge in [-0.05, 0) is 159 Å². The Morgan fingerprint density at radius 1 is 0.250 bits per heavy atom. The second-order valence-electron chi connectivity index (χ2n) is 34.9. The van der Waals surface area contributed by atoms with E-state index >= 15 is 0 Å². The van der Waals surface area contributed by atoms with E-state index in [0.29, 0.717) is 6.42 Å². The second kappa shape index (κ2) is 64.1. The molecule has 21 amide bonds. The Hall–Kier alpha value is -12.9. The summed E-state index contributed by atoms with van der Waals surface area (Å²) in [5.74, 6) is -29.8. The highest BCUT2D eigenvalue weighted by molar-refractivity contribution is 6.03. The van der Waals surface area contributed by atoms with Gasteiger partial charge in [-0.2, -0.15) is 0 Å². The number of primary amides is 5. The zero-order chi connectivity index (χ0) is 104. The van der Waals surface area contributed by atoms with Gasteiger partial charge in [0.25, 0.3) is 0 Å². The first-order valence-corrected chi connectivity index (χ1v) is 45.3. The maximum absolute atomic E-state index is 14.7. The van der Waals surface area contributed by atoms with Gasteiger partial charge in [0.2, 0.25) is 124 Å². The molecule has 52 heteroatoms. The largest absolute Gasteiger partial charge is 0.481 e. The average Bonchev–Trinajstić information content (AvgIpc) is 0.825. The zero-order valence-electron chi connectivity index (χ0n) is 79.4. The zero-order valence-corrected chi connectivity index (χ0v) is 79.4. The third kappa shape index (κ3) is 49.4. The van der Waals surface area contributed by atoms with Crippen molar-refractivity contribution < 1.29 is 130 Å². The Kier molecular flexibility index (Phi) is 58.1. The van der Waals surface area contributed by atoms with Crippen molar-refractivity contribution in [1.82, 2.24) is 85.1 Å². The molecule has 0 heterocycles. The molecule has 0 unspecified atom stereocenters. The summed E-state index contributed by atoms with van der Waals surface area (Å²) < 4.78 is 0. The topological polar surface area (TPSA) is 897 Å². The number of carbonyl (C=O) groups excluding carboxylic acids is 21. The van der Waals surface area contributed by atoms with E-state index in [-0.39, 0.29) is 96.2 Å². The molecule has 0 spiro atoms. The monoisotopic (exact) mass is 1940 g/mol. The maximum Gasteiger partial charge on any atom is 0.325 e. The number of carboxylic acids is 3. The fourth-order valence-corrected chi connectivity index (χ4v) is 13.3. The molecule has 770 valence electrons. The van der Waals surface area contributed by atoms with Gasteiger partial charge in [0.05, 0.1) is 25.3 Å². The van der Waals surface area contributed by atoms with Crippen LogP contribution in [0.1, 0.15) is 231 Å². The number of amides is 21. The molecule has 0 bridgehead atoms. The van der Waals surface area contributed by atoms with Crippen LogP contribution in [-0.4, -0.2) is 280 Å². The molecule has 0 radical (unpaired) electrons. The van der Waals surface area contributed by atoms with Crippen LogP contribution in [0.3, 0.4) is 0 Å². The molecule has 0 saturated carbocycles. The van der Waals surface area contributed by atoms with Crippen LogP contribution in [0.4, 0.5) is 0 Å². The molecular formula is C84H147N25O27. The van der Waals surface area contributed by atoms with E-state index < -0.39 is 339 Å². The molecule has 0 saturated heterocycles. The highest BCUT2D eigenvalue weighted by Crippen LogP contribution is 2.18. The van der Waals surface area contributed by atoms with E-state index in [1.807, 2.05) is 0 Å². The first kappa shape index (κ1) is 123. The third-order valence-corrected chi connectivity index (χ3v) is 21.2. The van der Waals surface area contributed by atoms with Crippen molar-refractivity contribution >= 4 is 142 Å². The van der Waals surface area contributed by atoms with E-state index in [4.69, 9.17) is 51.6 Å². The molecule has 0 aromatic heterocycles. The molecule has 0 aliphatic carbocycles. The normalized spacial score (nSPS) is 15.2. The Morgan fingerprint density at radius 3 is 0.787 bits per heavy atom. The number of carbonyl (C=O) groups is 24.